The third kappa shape index (κ3) is 7.68. The Morgan fingerprint density at radius 3 is 1.80 bits per heavy atom. The van der Waals surface area contributed by atoms with Crippen LogP contribution in [0.1, 0.15) is 82.8 Å². The molecule has 0 aromatic heterocycles. The number of benzene rings is 2. The average Bonchev–Trinajstić information content (AvgIpc) is 3.40. The fourth-order valence-corrected chi connectivity index (χ4v) is 10.4. The van der Waals surface area contributed by atoms with Crippen molar-refractivity contribution in [2.24, 2.45) is 0 Å². The van der Waals surface area contributed by atoms with Crippen LogP contribution in [0.3, 0.4) is 0 Å². The van der Waals surface area contributed by atoms with E-state index in [1.54, 1.807) is 0 Å². The van der Waals surface area contributed by atoms with Gasteiger partial charge in [0, 0.05) is 32.1 Å². The van der Waals surface area contributed by atoms with Crippen molar-refractivity contribution in [1.29, 1.82) is 0 Å². The van der Waals surface area contributed by atoms with E-state index >= 15 is 0 Å². The Labute approximate surface area is 318 Å². The molecule has 16 atom stereocenters. The Morgan fingerprint density at radius 2 is 1.15 bits per heavy atom. The van der Waals surface area contributed by atoms with Crippen molar-refractivity contribution in [1.82, 2.24) is 0 Å². The lowest BCUT2D eigenvalue weighted by molar-refractivity contribution is -0.313. The molecule has 7 aliphatic heterocycles. The van der Waals surface area contributed by atoms with E-state index in [2.05, 4.69) is 38.1 Å². The summed E-state index contributed by atoms with van der Waals surface area (Å²) in [6, 6.07) is 20.5. The molecule has 0 unspecified atom stereocenters. The SMILES string of the molecule is C[C@]12C[C@@H]3O[C@@H]4CC[C@@H]5O[C@@H]6C[C@H](O)[C@@H](CO)O[C@H]6C[C@]5(C)O[C@H]4C[C@H]3O[C@H]1CC[C@H]1O[C@@H](COCc3ccccc3)[C@H](OCc3ccccc3)C[C@@H]1O2. The third-order valence-corrected chi connectivity index (χ3v) is 13.4. The van der Waals surface area contributed by atoms with Gasteiger partial charge in [-0.05, 0) is 50.7 Å². The fourth-order valence-electron chi connectivity index (χ4n) is 10.4. The van der Waals surface area contributed by atoms with Gasteiger partial charge < -0.3 is 52.8 Å². The summed E-state index contributed by atoms with van der Waals surface area (Å²) >= 11 is 0. The van der Waals surface area contributed by atoms with E-state index in [9.17, 15) is 10.2 Å². The number of rotatable bonds is 8. The zero-order valence-electron chi connectivity index (χ0n) is 31.6. The van der Waals surface area contributed by atoms with Gasteiger partial charge in [0.05, 0.1) is 111 Å². The standard InChI is InChI=1S/C43H58O11/c1-42-20-36-32(17-28(45)38(22-44)50-36)51-40(42)15-13-29-35(54-42)19-33-37(48-29)21-43(2)41(52-33)16-14-30-34(53-43)18-31(47-24-27-11-7-4-8-12-27)39(49-30)25-46-23-26-9-5-3-6-10-26/h3-12,28-41,44-45H,13-25H2,1-2H3/t28-,29+,30+,31+,32+,33+,34-,35-,36-,37-,38+,39-,40-,41-,42-,43-/m0/s1. The number of hydrogen-bond donors (Lipinski definition) is 2. The largest absolute Gasteiger partial charge is 0.394 e. The van der Waals surface area contributed by atoms with Crippen LogP contribution in [0.15, 0.2) is 60.7 Å². The second-order valence-corrected chi connectivity index (χ2v) is 17.3. The number of ether oxygens (including phenoxy) is 9. The molecular formula is C43H58O11. The second kappa shape index (κ2) is 15.7. The number of hydrogen-bond acceptors (Lipinski definition) is 11. The van der Waals surface area contributed by atoms with Gasteiger partial charge in [0.2, 0.25) is 0 Å². The van der Waals surface area contributed by atoms with E-state index in [0.717, 1.165) is 49.7 Å². The van der Waals surface area contributed by atoms with Crippen molar-refractivity contribution >= 4 is 0 Å². The summed E-state index contributed by atoms with van der Waals surface area (Å²) in [4.78, 5) is 0. The molecule has 296 valence electrons. The Morgan fingerprint density at radius 1 is 0.593 bits per heavy atom. The highest BCUT2D eigenvalue weighted by Crippen LogP contribution is 2.49. The lowest BCUT2D eigenvalue weighted by Gasteiger charge is -2.53. The van der Waals surface area contributed by atoms with Crippen LogP contribution in [0, 0.1) is 0 Å². The molecule has 54 heavy (non-hydrogen) atoms. The molecule has 7 aliphatic rings. The quantitative estimate of drug-likeness (QED) is 0.387. The molecule has 0 aliphatic carbocycles. The monoisotopic (exact) mass is 750 g/mol. The molecule has 11 heteroatoms. The number of aliphatic hydroxyl groups excluding tert-OH is 2. The first-order valence-electron chi connectivity index (χ1n) is 20.4. The van der Waals surface area contributed by atoms with Crippen molar-refractivity contribution < 1.29 is 52.8 Å². The summed E-state index contributed by atoms with van der Waals surface area (Å²) in [5, 5.41) is 20.3. The predicted molar refractivity (Wildman–Crippen MR) is 196 cm³/mol. The van der Waals surface area contributed by atoms with Crippen LogP contribution in [-0.2, 0) is 55.8 Å². The van der Waals surface area contributed by atoms with E-state index in [4.69, 9.17) is 42.6 Å². The van der Waals surface area contributed by atoms with Crippen LogP contribution < -0.4 is 0 Å². The average molecular weight is 751 g/mol. The Kier molecular flexibility index (Phi) is 11.0. The van der Waals surface area contributed by atoms with Gasteiger partial charge >= 0.3 is 0 Å². The molecule has 2 aromatic carbocycles. The van der Waals surface area contributed by atoms with E-state index in [0.29, 0.717) is 39.1 Å². The second-order valence-electron chi connectivity index (χ2n) is 17.3. The van der Waals surface area contributed by atoms with Gasteiger partial charge in [-0.1, -0.05) is 60.7 Å². The summed E-state index contributed by atoms with van der Waals surface area (Å²) < 4.78 is 60.5. The molecule has 11 nitrogen and oxygen atoms in total. The Balaban J connectivity index is 0.866. The van der Waals surface area contributed by atoms with Gasteiger partial charge in [-0.3, -0.25) is 0 Å². The highest BCUT2D eigenvalue weighted by molar-refractivity contribution is 5.15. The number of fused-ring (bicyclic) bond motifs is 6. The van der Waals surface area contributed by atoms with Gasteiger partial charge in [-0.25, -0.2) is 0 Å². The van der Waals surface area contributed by atoms with Crippen molar-refractivity contribution in [3.63, 3.8) is 0 Å². The van der Waals surface area contributed by atoms with Crippen LogP contribution in [0.4, 0.5) is 0 Å². The summed E-state index contributed by atoms with van der Waals surface area (Å²) in [5.74, 6) is 0. The van der Waals surface area contributed by atoms with E-state index in [-0.39, 0.29) is 79.9 Å². The van der Waals surface area contributed by atoms with Crippen LogP contribution in [-0.4, -0.2) is 120 Å². The van der Waals surface area contributed by atoms with Crippen molar-refractivity contribution in [3.05, 3.63) is 71.8 Å². The van der Waals surface area contributed by atoms with Crippen molar-refractivity contribution in [3.8, 4) is 0 Å². The summed E-state index contributed by atoms with van der Waals surface area (Å²) in [6.07, 6.45) is 3.52. The van der Waals surface area contributed by atoms with Gasteiger partial charge in [0.1, 0.15) is 12.2 Å². The molecule has 7 saturated heterocycles. The molecule has 7 fully saturated rings. The molecule has 9 rings (SSSR count). The lowest BCUT2D eigenvalue weighted by atomic mass is 9.81. The molecule has 2 aromatic rings. The number of aliphatic hydroxyl groups is 2. The molecule has 0 spiro atoms. The smallest absolute Gasteiger partial charge is 0.108 e. The lowest BCUT2D eigenvalue weighted by Crippen LogP contribution is -2.63. The first-order valence-corrected chi connectivity index (χ1v) is 20.4. The Hall–Kier alpha value is -2.00. The maximum absolute atomic E-state index is 10.5. The maximum Gasteiger partial charge on any atom is 0.108 e. The van der Waals surface area contributed by atoms with Crippen LogP contribution >= 0.6 is 0 Å². The minimum atomic E-state index is -0.738. The third-order valence-electron chi connectivity index (χ3n) is 13.4. The first kappa shape index (κ1) is 37.6. The highest BCUT2D eigenvalue weighted by Gasteiger charge is 2.58. The van der Waals surface area contributed by atoms with Gasteiger partial charge in [-0.2, -0.15) is 0 Å². The maximum atomic E-state index is 10.5. The molecule has 7 heterocycles. The summed E-state index contributed by atoms with van der Waals surface area (Å²) in [6.45, 7) is 5.57. The van der Waals surface area contributed by atoms with Crippen molar-refractivity contribution in [2.75, 3.05) is 13.2 Å². The summed E-state index contributed by atoms with van der Waals surface area (Å²) in [7, 11) is 0. The molecule has 0 radical (unpaired) electrons. The van der Waals surface area contributed by atoms with Crippen LogP contribution in [0.2, 0.25) is 0 Å². The molecule has 0 amide bonds. The zero-order chi connectivity index (χ0) is 36.9. The topological polar surface area (TPSA) is 124 Å². The molecule has 0 saturated carbocycles. The van der Waals surface area contributed by atoms with E-state index < -0.39 is 23.4 Å². The molecule has 2 N–H and O–H groups in total. The predicted octanol–water partition coefficient (Wildman–Crippen LogP) is 4.80. The van der Waals surface area contributed by atoms with E-state index in [1.165, 1.54) is 0 Å². The van der Waals surface area contributed by atoms with Crippen LogP contribution in [0.5, 0.6) is 0 Å². The van der Waals surface area contributed by atoms with Gasteiger partial charge in [0.15, 0.2) is 0 Å². The van der Waals surface area contributed by atoms with Crippen molar-refractivity contribution in [2.45, 2.75) is 182 Å². The fraction of sp³-hybridized carbons (Fsp3) is 0.721. The summed E-state index contributed by atoms with van der Waals surface area (Å²) in [5.41, 5.74) is 1.15. The zero-order valence-corrected chi connectivity index (χ0v) is 31.6. The first-order chi connectivity index (χ1) is 26.2. The van der Waals surface area contributed by atoms with Crippen LogP contribution in [0.25, 0.3) is 0 Å². The minimum Gasteiger partial charge on any atom is -0.394 e. The molecule has 0 bridgehead atoms. The highest BCUT2D eigenvalue weighted by atomic mass is 16.6. The van der Waals surface area contributed by atoms with Gasteiger partial charge in [-0.15, -0.1) is 0 Å². The normalized spacial score (nSPS) is 45.9. The molecular weight excluding hydrogens is 692 g/mol. The van der Waals surface area contributed by atoms with E-state index in [1.807, 2.05) is 36.4 Å². The van der Waals surface area contributed by atoms with Gasteiger partial charge in [0.25, 0.3) is 0 Å². The Bertz CT molecular complexity index is 1530. The minimum absolute atomic E-state index is 0.0799.